The lowest BCUT2D eigenvalue weighted by Crippen LogP contribution is -2.40. The maximum absolute atomic E-state index is 12.4. The van der Waals surface area contributed by atoms with Crippen molar-refractivity contribution in [3.63, 3.8) is 0 Å². The fraction of sp³-hybridized carbons (Fsp3) is 0.611. The number of nitrogens with one attached hydrogen (secondary N) is 1. The lowest BCUT2D eigenvalue weighted by Gasteiger charge is -2.28. The maximum Gasteiger partial charge on any atom is 0.251 e. The topological polar surface area (TPSA) is 38.3 Å². The summed E-state index contributed by atoms with van der Waals surface area (Å²) in [5.74, 6) is 3.20. The van der Waals surface area contributed by atoms with E-state index in [1.54, 1.807) is 0 Å². The molecule has 0 radical (unpaired) electrons. The highest BCUT2D eigenvalue weighted by molar-refractivity contribution is 5.94. The highest BCUT2D eigenvalue weighted by atomic mass is 16.5. The van der Waals surface area contributed by atoms with Gasteiger partial charge >= 0.3 is 0 Å². The summed E-state index contributed by atoms with van der Waals surface area (Å²) in [5.41, 5.74) is 0.691. The zero-order chi connectivity index (χ0) is 14.8. The number of hydrogen-bond donors (Lipinski definition) is 1. The Labute approximate surface area is 127 Å². The Morgan fingerprint density at radius 1 is 1.38 bits per heavy atom. The second-order valence-corrected chi connectivity index (χ2v) is 6.56. The standard InChI is InChI=1S/C18H25NO2/c1-3-21-16-6-4-5-15(11-16)18(20)19-12(2)17-10-13-7-8-14(17)9-13/h4-6,11-14,17H,3,7-10H2,1-2H3,(H,19,20). The summed E-state index contributed by atoms with van der Waals surface area (Å²) in [5, 5.41) is 3.20. The van der Waals surface area contributed by atoms with E-state index in [-0.39, 0.29) is 11.9 Å². The summed E-state index contributed by atoms with van der Waals surface area (Å²) < 4.78 is 5.46. The monoisotopic (exact) mass is 287 g/mol. The highest BCUT2D eigenvalue weighted by Gasteiger charge is 2.42. The van der Waals surface area contributed by atoms with Crippen molar-refractivity contribution in [2.45, 2.75) is 45.6 Å². The molecule has 21 heavy (non-hydrogen) atoms. The Hall–Kier alpha value is -1.51. The van der Waals surface area contributed by atoms with Crippen LogP contribution in [0.1, 0.15) is 49.9 Å². The molecule has 3 rings (SSSR count). The van der Waals surface area contributed by atoms with Gasteiger partial charge in [-0.05, 0) is 69.1 Å². The molecule has 2 aliphatic rings. The van der Waals surface area contributed by atoms with Crippen LogP contribution in [0.4, 0.5) is 0 Å². The minimum atomic E-state index is 0.0202. The van der Waals surface area contributed by atoms with Gasteiger partial charge in [0.15, 0.2) is 0 Å². The molecule has 2 fully saturated rings. The van der Waals surface area contributed by atoms with E-state index in [2.05, 4.69) is 12.2 Å². The van der Waals surface area contributed by atoms with Gasteiger partial charge in [-0.2, -0.15) is 0 Å². The molecule has 0 aromatic heterocycles. The average molecular weight is 287 g/mol. The molecular formula is C18H25NO2. The molecule has 1 aromatic carbocycles. The molecule has 2 aliphatic carbocycles. The van der Waals surface area contributed by atoms with Gasteiger partial charge in [0.05, 0.1) is 6.61 Å². The number of ether oxygens (including phenoxy) is 1. The molecule has 3 heteroatoms. The van der Waals surface area contributed by atoms with Gasteiger partial charge in [0.25, 0.3) is 5.91 Å². The van der Waals surface area contributed by atoms with Crippen molar-refractivity contribution in [1.82, 2.24) is 5.32 Å². The minimum Gasteiger partial charge on any atom is -0.494 e. The largest absolute Gasteiger partial charge is 0.494 e. The Morgan fingerprint density at radius 3 is 2.90 bits per heavy atom. The fourth-order valence-electron chi connectivity index (χ4n) is 4.20. The van der Waals surface area contributed by atoms with Crippen LogP contribution < -0.4 is 10.1 Å². The van der Waals surface area contributed by atoms with Gasteiger partial charge in [0.2, 0.25) is 0 Å². The molecule has 3 nitrogen and oxygen atoms in total. The number of amides is 1. The molecule has 1 aromatic rings. The predicted octanol–water partition coefficient (Wildman–Crippen LogP) is 3.64. The zero-order valence-electron chi connectivity index (χ0n) is 13.0. The number of carbonyl (C=O) groups is 1. The number of hydrogen-bond acceptors (Lipinski definition) is 2. The molecule has 0 aliphatic heterocycles. The quantitative estimate of drug-likeness (QED) is 0.898. The smallest absolute Gasteiger partial charge is 0.251 e. The van der Waals surface area contributed by atoms with E-state index in [9.17, 15) is 4.79 Å². The van der Waals surface area contributed by atoms with Crippen LogP contribution in [0.15, 0.2) is 24.3 Å². The van der Waals surface area contributed by atoms with Crippen molar-refractivity contribution in [3.8, 4) is 5.75 Å². The molecule has 1 N–H and O–H groups in total. The molecule has 1 amide bonds. The average Bonchev–Trinajstić information content (AvgIpc) is 3.10. The summed E-state index contributed by atoms with van der Waals surface area (Å²) in [7, 11) is 0. The minimum absolute atomic E-state index is 0.0202. The van der Waals surface area contributed by atoms with Gasteiger partial charge in [0, 0.05) is 11.6 Å². The number of rotatable bonds is 5. The summed E-state index contributed by atoms with van der Waals surface area (Å²) in [4.78, 5) is 12.4. The van der Waals surface area contributed by atoms with E-state index in [1.165, 1.54) is 25.7 Å². The first-order chi connectivity index (χ1) is 10.2. The number of benzene rings is 1. The van der Waals surface area contributed by atoms with Crippen LogP contribution in [0.2, 0.25) is 0 Å². The van der Waals surface area contributed by atoms with E-state index >= 15 is 0 Å². The first kappa shape index (κ1) is 14.4. The van der Waals surface area contributed by atoms with Crippen molar-refractivity contribution < 1.29 is 9.53 Å². The summed E-state index contributed by atoms with van der Waals surface area (Å²) in [6, 6.07) is 7.71. The van der Waals surface area contributed by atoms with Crippen LogP contribution in [-0.4, -0.2) is 18.6 Å². The lowest BCUT2D eigenvalue weighted by atomic mass is 9.84. The van der Waals surface area contributed by atoms with Crippen molar-refractivity contribution in [1.29, 1.82) is 0 Å². The fourth-order valence-corrected chi connectivity index (χ4v) is 4.20. The van der Waals surface area contributed by atoms with Gasteiger partial charge in [-0.15, -0.1) is 0 Å². The molecule has 0 heterocycles. The zero-order valence-corrected chi connectivity index (χ0v) is 13.0. The normalized spacial score (nSPS) is 28.4. The van der Waals surface area contributed by atoms with Crippen LogP contribution in [0, 0.1) is 17.8 Å². The van der Waals surface area contributed by atoms with Crippen LogP contribution in [0.5, 0.6) is 5.75 Å². The van der Waals surface area contributed by atoms with Crippen molar-refractivity contribution in [2.75, 3.05) is 6.61 Å². The summed E-state index contributed by atoms with van der Waals surface area (Å²) >= 11 is 0. The predicted molar refractivity (Wildman–Crippen MR) is 83.5 cm³/mol. The SMILES string of the molecule is CCOc1cccc(C(=O)NC(C)C2CC3CCC2C3)c1. The van der Waals surface area contributed by atoms with Gasteiger partial charge in [-0.25, -0.2) is 0 Å². The molecule has 2 bridgehead atoms. The summed E-state index contributed by atoms with van der Waals surface area (Å²) in [6.45, 7) is 4.73. The molecule has 0 spiro atoms. The van der Waals surface area contributed by atoms with E-state index < -0.39 is 0 Å². The van der Waals surface area contributed by atoms with Gasteiger partial charge in [0.1, 0.15) is 5.75 Å². The number of carbonyl (C=O) groups excluding carboxylic acids is 1. The van der Waals surface area contributed by atoms with E-state index in [1.807, 2.05) is 31.2 Å². The first-order valence-electron chi connectivity index (χ1n) is 8.21. The van der Waals surface area contributed by atoms with E-state index in [0.717, 1.165) is 17.6 Å². The lowest BCUT2D eigenvalue weighted by molar-refractivity contribution is 0.0915. The Balaban J connectivity index is 1.61. The molecule has 4 unspecified atom stereocenters. The summed E-state index contributed by atoms with van der Waals surface area (Å²) in [6.07, 6.45) is 5.43. The third-order valence-corrected chi connectivity index (χ3v) is 5.20. The molecule has 0 saturated heterocycles. The first-order valence-corrected chi connectivity index (χ1v) is 8.21. The Morgan fingerprint density at radius 2 is 2.24 bits per heavy atom. The van der Waals surface area contributed by atoms with E-state index in [4.69, 9.17) is 4.74 Å². The van der Waals surface area contributed by atoms with Crippen LogP contribution in [-0.2, 0) is 0 Å². The third-order valence-electron chi connectivity index (χ3n) is 5.20. The van der Waals surface area contributed by atoms with Gasteiger partial charge in [-0.1, -0.05) is 12.5 Å². The maximum atomic E-state index is 12.4. The second-order valence-electron chi connectivity index (χ2n) is 6.56. The molecular weight excluding hydrogens is 262 g/mol. The van der Waals surface area contributed by atoms with E-state index in [0.29, 0.717) is 18.1 Å². The van der Waals surface area contributed by atoms with Crippen molar-refractivity contribution >= 4 is 5.91 Å². The molecule has 114 valence electrons. The van der Waals surface area contributed by atoms with Crippen LogP contribution >= 0.6 is 0 Å². The van der Waals surface area contributed by atoms with Crippen LogP contribution in [0.3, 0.4) is 0 Å². The molecule has 2 saturated carbocycles. The van der Waals surface area contributed by atoms with Gasteiger partial charge in [-0.3, -0.25) is 4.79 Å². The Kier molecular flexibility index (Phi) is 4.18. The van der Waals surface area contributed by atoms with Gasteiger partial charge < -0.3 is 10.1 Å². The second kappa shape index (κ2) is 6.08. The van der Waals surface area contributed by atoms with Crippen molar-refractivity contribution in [2.24, 2.45) is 17.8 Å². The van der Waals surface area contributed by atoms with Crippen molar-refractivity contribution in [3.05, 3.63) is 29.8 Å². The number of fused-ring (bicyclic) bond motifs is 2. The van der Waals surface area contributed by atoms with Crippen LogP contribution in [0.25, 0.3) is 0 Å². The molecule has 4 atom stereocenters. The third kappa shape index (κ3) is 3.07. The Bertz CT molecular complexity index is 514. The highest BCUT2D eigenvalue weighted by Crippen LogP contribution is 2.49.